The summed E-state index contributed by atoms with van der Waals surface area (Å²) in [7, 11) is -3.73. The van der Waals surface area contributed by atoms with Gasteiger partial charge in [0.05, 0.1) is 18.7 Å². The van der Waals surface area contributed by atoms with Crippen LogP contribution in [0, 0.1) is 5.92 Å². The summed E-state index contributed by atoms with van der Waals surface area (Å²) in [4.78, 5) is 34.9. The van der Waals surface area contributed by atoms with Crippen LogP contribution >= 0.6 is 0 Å². The molecule has 1 aliphatic heterocycles. The molecule has 3 heterocycles. The quantitative estimate of drug-likeness (QED) is 0.685. The molecule has 1 aliphatic rings. The number of H-pyrrole nitrogens is 1. The monoisotopic (exact) mass is 400 g/mol. The molecule has 3 rings (SSSR count). The number of nitrogens with one attached hydrogen (secondary N) is 2. The van der Waals surface area contributed by atoms with Crippen molar-refractivity contribution in [1.82, 2.24) is 19.5 Å². The van der Waals surface area contributed by atoms with Gasteiger partial charge in [0.15, 0.2) is 11.2 Å². The number of fused-ring (bicyclic) bond motifs is 1. The van der Waals surface area contributed by atoms with Crippen LogP contribution in [0.15, 0.2) is 11.1 Å². The topological polar surface area (TPSA) is 145 Å². The number of carbonyl (C=O) groups is 1. The molecule has 0 spiro atoms. The molecule has 0 saturated carbocycles. The third-order valence-electron chi connectivity index (χ3n) is 3.99. The third kappa shape index (κ3) is 4.17. The average molecular weight is 400 g/mol. The van der Waals surface area contributed by atoms with Gasteiger partial charge in [-0.1, -0.05) is 13.8 Å². The lowest BCUT2D eigenvalue weighted by Gasteiger charge is -2.13. The first-order valence-electron chi connectivity index (χ1n) is 8.90. The second-order valence-electron chi connectivity index (χ2n) is 6.59. The van der Waals surface area contributed by atoms with Crippen molar-refractivity contribution in [3.05, 3.63) is 16.7 Å². The maximum atomic E-state index is 12.3. The molecule has 1 saturated heterocycles. The van der Waals surface area contributed by atoms with E-state index in [-0.39, 0.29) is 42.3 Å². The fourth-order valence-electron chi connectivity index (χ4n) is 2.66. The van der Waals surface area contributed by atoms with Gasteiger partial charge in [0.25, 0.3) is 15.7 Å². The van der Waals surface area contributed by atoms with Crippen LogP contribution in [0.3, 0.4) is 0 Å². The molecule has 27 heavy (non-hydrogen) atoms. The van der Waals surface area contributed by atoms with Gasteiger partial charge in [-0.05, 0) is 6.90 Å². The van der Waals surface area contributed by atoms with E-state index in [9.17, 15) is 18.0 Å². The lowest BCUT2D eigenvalue weighted by molar-refractivity contribution is -0.118. The van der Waals surface area contributed by atoms with Crippen LogP contribution in [0.25, 0.3) is 11.2 Å². The summed E-state index contributed by atoms with van der Waals surface area (Å²) < 4.78 is 42.7. The van der Waals surface area contributed by atoms with Crippen molar-refractivity contribution in [3.8, 4) is 0 Å². The van der Waals surface area contributed by atoms with Crippen LogP contribution in [0.5, 0.6) is 0 Å². The predicted molar refractivity (Wildman–Crippen MR) is 95.5 cm³/mol. The molecule has 0 bridgehead atoms. The van der Waals surface area contributed by atoms with Crippen LogP contribution in [-0.4, -0.2) is 52.3 Å². The SMILES string of the molecule is [2H]C[C@H]1OC(n2cnc3c(=O)[nH]c(NC(=O)C(C)C)nc32)CC1OS(C)(=O)=O. The summed E-state index contributed by atoms with van der Waals surface area (Å²) in [5, 5.41) is 2.52. The molecular formula is C15H21N5O6S. The Balaban J connectivity index is 1.94. The van der Waals surface area contributed by atoms with Gasteiger partial charge in [-0.15, -0.1) is 0 Å². The van der Waals surface area contributed by atoms with Crippen LogP contribution in [0.1, 0.15) is 34.8 Å². The zero-order valence-corrected chi connectivity index (χ0v) is 15.8. The first kappa shape index (κ1) is 18.1. The maximum Gasteiger partial charge on any atom is 0.280 e. The zero-order chi connectivity index (χ0) is 20.6. The first-order valence-corrected chi connectivity index (χ1v) is 10.0. The Morgan fingerprint density at radius 3 is 2.93 bits per heavy atom. The van der Waals surface area contributed by atoms with E-state index in [0.29, 0.717) is 0 Å². The largest absolute Gasteiger partial charge is 0.352 e. The van der Waals surface area contributed by atoms with Crippen LogP contribution in [0.4, 0.5) is 5.95 Å². The Kier molecular flexibility index (Phi) is 4.70. The average Bonchev–Trinajstić information content (AvgIpc) is 3.17. The molecule has 3 atom stereocenters. The van der Waals surface area contributed by atoms with E-state index in [1.54, 1.807) is 13.8 Å². The molecule has 11 nitrogen and oxygen atoms in total. The summed E-state index contributed by atoms with van der Waals surface area (Å²) in [6.07, 6.45) is 0.0738. The Bertz CT molecular complexity index is 1050. The molecule has 2 N–H and O–H groups in total. The number of rotatable bonds is 5. The van der Waals surface area contributed by atoms with Gasteiger partial charge in [0.1, 0.15) is 12.3 Å². The van der Waals surface area contributed by atoms with Gasteiger partial charge in [0.2, 0.25) is 11.9 Å². The van der Waals surface area contributed by atoms with Crippen molar-refractivity contribution in [1.29, 1.82) is 0 Å². The van der Waals surface area contributed by atoms with Gasteiger partial charge in [0, 0.05) is 13.7 Å². The highest BCUT2D eigenvalue weighted by molar-refractivity contribution is 7.86. The fraction of sp³-hybridized carbons (Fsp3) is 0.600. The number of hydrogen-bond acceptors (Lipinski definition) is 8. The molecule has 148 valence electrons. The van der Waals surface area contributed by atoms with E-state index in [2.05, 4.69) is 20.3 Å². The first-order chi connectivity index (χ1) is 13.1. The Labute approximate surface area is 156 Å². The number of hydrogen-bond donors (Lipinski definition) is 2. The number of amides is 1. The molecule has 2 aromatic rings. The molecule has 12 heteroatoms. The van der Waals surface area contributed by atoms with E-state index >= 15 is 0 Å². The second kappa shape index (κ2) is 7.02. The van der Waals surface area contributed by atoms with E-state index in [1.165, 1.54) is 10.9 Å². The number of imidazole rings is 1. The number of nitrogens with zero attached hydrogens (tertiary/aromatic N) is 3. The lowest BCUT2D eigenvalue weighted by Crippen LogP contribution is -2.24. The molecule has 1 amide bonds. The van der Waals surface area contributed by atoms with Crippen LogP contribution in [0.2, 0.25) is 0 Å². The minimum atomic E-state index is -3.73. The molecule has 0 radical (unpaired) electrons. The summed E-state index contributed by atoms with van der Waals surface area (Å²) in [5.74, 6) is -0.658. The fourth-order valence-corrected chi connectivity index (χ4v) is 3.31. The summed E-state index contributed by atoms with van der Waals surface area (Å²) in [5.41, 5.74) is -0.334. The maximum absolute atomic E-state index is 12.3. The minimum Gasteiger partial charge on any atom is -0.352 e. The molecule has 0 aliphatic carbocycles. The van der Waals surface area contributed by atoms with Crippen molar-refractivity contribution >= 4 is 33.1 Å². The molecule has 2 aromatic heterocycles. The number of carbonyl (C=O) groups excluding carboxylic acids is 1. The van der Waals surface area contributed by atoms with E-state index in [4.69, 9.17) is 10.3 Å². The Hall–Kier alpha value is -2.31. The number of ether oxygens (including phenoxy) is 1. The van der Waals surface area contributed by atoms with Crippen molar-refractivity contribution in [2.75, 3.05) is 11.6 Å². The van der Waals surface area contributed by atoms with Crippen molar-refractivity contribution in [2.45, 2.75) is 45.6 Å². The lowest BCUT2D eigenvalue weighted by atomic mass is 10.2. The third-order valence-corrected chi connectivity index (χ3v) is 4.58. The van der Waals surface area contributed by atoms with Crippen LogP contribution < -0.4 is 10.9 Å². The Morgan fingerprint density at radius 1 is 1.56 bits per heavy atom. The van der Waals surface area contributed by atoms with Gasteiger partial charge in [-0.3, -0.25) is 28.6 Å². The van der Waals surface area contributed by atoms with Crippen molar-refractivity contribution in [3.63, 3.8) is 0 Å². The van der Waals surface area contributed by atoms with E-state index < -0.39 is 34.1 Å². The summed E-state index contributed by atoms with van der Waals surface area (Å²) in [6.45, 7) is 3.20. The summed E-state index contributed by atoms with van der Waals surface area (Å²) >= 11 is 0. The minimum absolute atomic E-state index is 0.0306. The standard InChI is InChI=1S/C15H21N5O6S/c1-7(2)13(21)18-15-17-12-11(14(22)19-15)16-6-20(12)10-5-9(8(3)25-10)26-27(4,23)24/h6-10H,5H2,1-4H3,(H2,17,18,19,21,22)/t8-,9?,10?/m1/s1/i3D. The summed E-state index contributed by atoms with van der Waals surface area (Å²) in [6, 6.07) is 0. The number of aromatic amines is 1. The number of anilines is 1. The van der Waals surface area contributed by atoms with Crippen molar-refractivity contribution in [2.24, 2.45) is 5.92 Å². The normalized spacial score (nSPS) is 23.7. The smallest absolute Gasteiger partial charge is 0.280 e. The highest BCUT2D eigenvalue weighted by Gasteiger charge is 2.37. The molecule has 1 fully saturated rings. The van der Waals surface area contributed by atoms with Crippen molar-refractivity contribution < 1.29 is 23.5 Å². The highest BCUT2D eigenvalue weighted by atomic mass is 32.2. The zero-order valence-electron chi connectivity index (χ0n) is 16.0. The molecule has 2 unspecified atom stereocenters. The van der Waals surface area contributed by atoms with E-state index in [0.717, 1.165) is 6.26 Å². The number of aromatic nitrogens is 4. The predicted octanol–water partition coefficient (Wildman–Crippen LogP) is 0.366. The second-order valence-corrected chi connectivity index (χ2v) is 8.19. The van der Waals surface area contributed by atoms with E-state index in [1.807, 2.05) is 0 Å². The Morgan fingerprint density at radius 2 is 2.30 bits per heavy atom. The highest BCUT2D eigenvalue weighted by Crippen LogP contribution is 2.32. The molecular weight excluding hydrogens is 378 g/mol. The van der Waals surface area contributed by atoms with Crippen LogP contribution in [-0.2, 0) is 23.8 Å². The molecule has 0 aromatic carbocycles. The van der Waals surface area contributed by atoms with Gasteiger partial charge < -0.3 is 4.74 Å². The van der Waals surface area contributed by atoms with Gasteiger partial charge in [-0.25, -0.2) is 4.98 Å². The van der Waals surface area contributed by atoms with Gasteiger partial charge >= 0.3 is 0 Å². The van der Waals surface area contributed by atoms with Gasteiger partial charge in [-0.2, -0.15) is 13.4 Å².